The highest BCUT2D eigenvalue weighted by atomic mass is 16.5. The van der Waals surface area contributed by atoms with Crippen LogP contribution in [0.4, 0.5) is 0 Å². The van der Waals surface area contributed by atoms with Crippen molar-refractivity contribution in [2.45, 2.75) is 6.92 Å². The Morgan fingerprint density at radius 1 is 0.792 bits per heavy atom. The lowest BCUT2D eigenvalue weighted by Gasteiger charge is -1.98. The molecular weight excluding hydrogens is 294 g/mol. The van der Waals surface area contributed by atoms with Crippen molar-refractivity contribution in [2.75, 3.05) is 0 Å². The van der Waals surface area contributed by atoms with Crippen LogP contribution in [0.5, 0.6) is 0 Å². The van der Waals surface area contributed by atoms with E-state index in [1.165, 1.54) is 5.56 Å². The van der Waals surface area contributed by atoms with Crippen molar-refractivity contribution < 1.29 is 4.52 Å². The topological polar surface area (TPSA) is 26.0 Å². The molecule has 2 nitrogen and oxygen atoms in total. The van der Waals surface area contributed by atoms with Gasteiger partial charge in [-0.3, -0.25) is 0 Å². The van der Waals surface area contributed by atoms with Crippen molar-refractivity contribution in [1.29, 1.82) is 0 Å². The van der Waals surface area contributed by atoms with E-state index in [4.69, 9.17) is 4.52 Å². The molecule has 4 aromatic rings. The van der Waals surface area contributed by atoms with E-state index >= 15 is 0 Å². The van der Waals surface area contributed by atoms with Crippen molar-refractivity contribution in [3.8, 4) is 23.2 Å². The molecule has 0 fully saturated rings. The van der Waals surface area contributed by atoms with E-state index in [1.54, 1.807) is 0 Å². The second-order valence-corrected chi connectivity index (χ2v) is 5.73. The molecule has 2 heteroatoms. The lowest BCUT2D eigenvalue weighted by molar-refractivity contribution is 0.441. The largest absolute Gasteiger partial charge is 0.355 e. The SMILES string of the molecule is Cc1ccc(-c2onc3ccc(C#Cc4ccccc4)cc23)cc1. The normalized spacial score (nSPS) is 10.4. The van der Waals surface area contributed by atoms with Crippen LogP contribution in [0.3, 0.4) is 0 Å². The highest BCUT2D eigenvalue weighted by molar-refractivity contribution is 5.92. The third kappa shape index (κ3) is 2.80. The van der Waals surface area contributed by atoms with Gasteiger partial charge in [0.15, 0.2) is 5.76 Å². The second kappa shape index (κ2) is 6.06. The maximum atomic E-state index is 5.56. The fraction of sp³-hybridized carbons (Fsp3) is 0.0455. The molecule has 0 radical (unpaired) electrons. The minimum absolute atomic E-state index is 0.786. The zero-order chi connectivity index (χ0) is 16.4. The molecule has 4 rings (SSSR count). The van der Waals surface area contributed by atoms with Gasteiger partial charge in [0.2, 0.25) is 0 Å². The number of hydrogen-bond donors (Lipinski definition) is 0. The summed E-state index contributed by atoms with van der Waals surface area (Å²) < 4.78 is 5.56. The number of nitrogens with zero attached hydrogens (tertiary/aromatic N) is 1. The number of benzene rings is 3. The Bertz CT molecular complexity index is 1050. The molecule has 0 saturated heterocycles. The molecule has 1 aromatic heterocycles. The van der Waals surface area contributed by atoms with Gasteiger partial charge in [-0.1, -0.05) is 65.0 Å². The van der Waals surface area contributed by atoms with Crippen LogP contribution in [0.15, 0.2) is 77.3 Å². The number of aromatic nitrogens is 1. The van der Waals surface area contributed by atoms with Gasteiger partial charge in [-0.2, -0.15) is 0 Å². The molecule has 0 amide bonds. The summed E-state index contributed by atoms with van der Waals surface area (Å²) in [5.74, 6) is 7.18. The maximum Gasteiger partial charge on any atom is 0.174 e. The molecule has 0 aliphatic heterocycles. The van der Waals surface area contributed by atoms with E-state index < -0.39 is 0 Å². The molecule has 0 atom stereocenters. The first kappa shape index (κ1) is 14.3. The van der Waals surface area contributed by atoms with Crippen molar-refractivity contribution in [1.82, 2.24) is 5.16 Å². The predicted molar refractivity (Wildman–Crippen MR) is 96.6 cm³/mol. The van der Waals surface area contributed by atoms with Gasteiger partial charge in [0, 0.05) is 16.7 Å². The zero-order valence-corrected chi connectivity index (χ0v) is 13.3. The molecule has 24 heavy (non-hydrogen) atoms. The first-order chi connectivity index (χ1) is 11.8. The lowest BCUT2D eigenvalue weighted by atomic mass is 10.1. The van der Waals surface area contributed by atoms with Crippen LogP contribution in [0.2, 0.25) is 0 Å². The Kier molecular flexibility index (Phi) is 3.61. The molecule has 0 bridgehead atoms. The molecule has 0 spiro atoms. The minimum atomic E-state index is 0.786. The predicted octanol–water partition coefficient (Wildman–Crippen LogP) is 5.20. The van der Waals surface area contributed by atoms with Crippen molar-refractivity contribution >= 4 is 10.9 Å². The fourth-order valence-electron chi connectivity index (χ4n) is 2.60. The maximum absolute atomic E-state index is 5.56. The van der Waals surface area contributed by atoms with Crippen LogP contribution in [0.25, 0.3) is 22.2 Å². The summed E-state index contributed by atoms with van der Waals surface area (Å²) in [5, 5.41) is 5.14. The van der Waals surface area contributed by atoms with Gasteiger partial charge in [0.1, 0.15) is 5.52 Å². The Balaban J connectivity index is 1.76. The lowest BCUT2D eigenvalue weighted by Crippen LogP contribution is -1.79. The molecule has 0 aliphatic rings. The molecular formula is C22H15NO. The van der Waals surface area contributed by atoms with E-state index in [0.717, 1.165) is 33.4 Å². The Hall–Kier alpha value is -3.31. The highest BCUT2D eigenvalue weighted by Crippen LogP contribution is 2.29. The molecule has 0 aliphatic carbocycles. The average Bonchev–Trinajstić information content (AvgIpc) is 3.05. The zero-order valence-electron chi connectivity index (χ0n) is 13.3. The third-order valence-corrected chi connectivity index (χ3v) is 3.92. The average molecular weight is 309 g/mol. The van der Waals surface area contributed by atoms with E-state index in [1.807, 2.05) is 48.5 Å². The van der Waals surface area contributed by atoms with E-state index in [2.05, 4.69) is 48.2 Å². The quantitative estimate of drug-likeness (QED) is 0.451. The molecule has 3 aromatic carbocycles. The molecule has 114 valence electrons. The molecule has 0 saturated carbocycles. The summed E-state index contributed by atoms with van der Waals surface area (Å²) in [7, 11) is 0. The minimum Gasteiger partial charge on any atom is -0.355 e. The van der Waals surface area contributed by atoms with Gasteiger partial charge in [-0.05, 0) is 37.3 Å². The monoisotopic (exact) mass is 309 g/mol. The van der Waals surface area contributed by atoms with Crippen LogP contribution in [-0.2, 0) is 0 Å². The summed E-state index contributed by atoms with van der Waals surface area (Å²) in [5.41, 5.74) is 5.04. The summed E-state index contributed by atoms with van der Waals surface area (Å²) in [6.07, 6.45) is 0. The molecule has 0 N–H and O–H groups in total. The van der Waals surface area contributed by atoms with Gasteiger partial charge in [0.25, 0.3) is 0 Å². The summed E-state index contributed by atoms with van der Waals surface area (Å²) >= 11 is 0. The van der Waals surface area contributed by atoms with Crippen LogP contribution >= 0.6 is 0 Å². The second-order valence-electron chi connectivity index (χ2n) is 5.73. The Labute approximate surface area is 140 Å². The fourth-order valence-corrected chi connectivity index (χ4v) is 2.60. The highest BCUT2D eigenvalue weighted by Gasteiger charge is 2.10. The summed E-state index contributed by atoms with van der Waals surface area (Å²) in [6, 6.07) is 24.2. The van der Waals surface area contributed by atoms with Gasteiger partial charge in [-0.25, -0.2) is 0 Å². The van der Waals surface area contributed by atoms with Crippen molar-refractivity contribution in [2.24, 2.45) is 0 Å². The smallest absolute Gasteiger partial charge is 0.174 e. The first-order valence-electron chi connectivity index (χ1n) is 7.83. The molecule has 1 heterocycles. The van der Waals surface area contributed by atoms with E-state index in [0.29, 0.717) is 0 Å². The Morgan fingerprint density at radius 2 is 1.54 bits per heavy atom. The summed E-state index contributed by atoms with van der Waals surface area (Å²) in [4.78, 5) is 0. The van der Waals surface area contributed by atoms with Gasteiger partial charge in [-0.15, -0.1) is 0 Å². The van der Waals surface area contributed by atoms with Gasteiger partial charge in [0.05, 0.1) is 5.39 Å². The number of rotatable bonds is 1. The van der Waals surface area contributed by atoms with Gasteiger partial charge >= 0.3 is 0 Å². The summed E-state index contributed by atoms with van der Waals surface area (Å²) in [6.45, 7) is 2.07. The molecule has 0 unspecified atom stereocenters. The van der Waals surface area contributed by atoms with Gasteiger partial charge < -0.3 is 4.52 Å². The van der Waals surface area contributed by atoms with Crippen LogP contribution in [-0.4, -0.2) is 5.16 Å². The van der Waals surface area contributed by atoms with Crippen LogP contribution in [0.1, 0.15) is 16.7 Å². The first-order valence-corrected chi connectivity index (χ1v) is 7.83. The Morgan fingerprint density at radius 3 is 2.33 bits per heavy atom. The standard InChI is InChI=1S/C22H15NO/c1-16-7-12-19(13-8-16)22-20-15-18(11-14-21(20)23-24-22)10-9-17-5-3-2-4-6-17/h2-8,11-15H,1H3. The van der Waals surface area contributed by atoms with Crippen molar-refractivity contribution in [3.05, 3.63) is 89.5 Å². The van der Waals surface area contributed by atoms with Crippen LogP contribution < -0.4 is 0 Å². The number of aryl methyl sites for hydroxylation is 1. The number of fused-ring (bicyclic) bond motifs is 1. The van der Waals surface area contributed by atoms with Crippen molar-refractivity contribution in [3.63, 3.8) is 0 Å². The third-order valence-electron chi connectivity index (χ3n) is 3.92. The van der Waals surface area contributed by atoms with Crippen LogP contribution in [0, 0.1) is 18.8 Å². The van der Waals surface area contributed by atoms with E-state index in [9.17, 15) is 0 Å². The van der Waals surface area contributed by atoms with E-state index in [-0.39, 0.29) is 0 Å². The number of hydrogen-bond acceptors (Lipinski definition) is 2.